The van der Waals surface area contributed by atoms with Gasteiger partial charge in [0.25, 0.3) is 5.17 Å². The molecule has 0 amide bonds. The van der Waals surface area contributed by atoms with Crippen molar-refractivity contribution >= 4 is 38.9 Å². The standard InChI is InChI=1S/C26H18F7NO2S/c1-34(2)23(37)35-19-13-11-15-7-3-5-9-17(15)21(19)22-18-10-6-4-8-16(18)12-14-20(22)36-26(32,33)24(27,28)25(29,30)31/h3-14H,1-2H3. The summed E-state index contributed by atoms with van der Waals surface area (Å²) in [6.07, 6.45) is -12.5. The molecule has 0 aliphatic heterocycles. The minimum absolute atomic E-state index is 0.00632. The molecule has 37 heavy (non-hydrogen) atoms. The van der Waals surface area contributed by atoms with E-state index in [-0.39, 0.29) is 27.4 Å². The monoisotopic (exact) mass is 541 g/mol. The lowest BCUT2D eigenvalue weighted by Gasteiger charge is -2.29. The maximum absolute atomic E-state index is 14.5. The van der Waals surface area contributed by atoms with Crippen molar-refractivity contribution in [3.8, 4) is 22.6 Å². The van der Waals surface area contributed by atoms with E-state index in [0.717, 1.165) is 6.07 Å². The summed E-state index contributed by atoms with van der Waals surface area (Å²) < 4.78 is 105. The first-order chi connectivity index (χ1) is 17.2. The Morgan fingerprint density at radius 2 is 1.14 bits per heavy atom. The number of alkyl halides is 7. The van der Waals surface area contributed by atoms with Crippen LogP contribution >= 0.6 is 12.2 Å². The summed E-state index contributed by atoms with van der Waals surface area (Å²) in [6.45, 7) is 0. The van der Waals surface area contributed by atoms with E-state index < -0.39 is 24.0 Å². The highest BCUT2D eigenvalue weighted by Gasteiger charge is 2.75. The minimum atomic E-state index is -6.56. The fourth-order valence-electron chi connectivity index (χ4n) is 3.74. The average Bonchev–Trinajstić information content (AvgIpc) is 2.83. The van der Waals surface area contributed by atoms with Gasteiger partial charge >= 0.3 is 18.2 Å². The van der Waals surface area contributed by atoms with Crippen molar-refractivity contribution in [2.24, 2.45) is 0 Å². The zero-order chi connectivity index (χ0) is 27.2. The van der Waals surface area contributed by atoms with E-state index in [1.54, 1.807) is 62.6 Å². The van der Waals surface area contributed by atoms with Crippen LogP contribution in [0.1, 0.15) is 0 Å². The maximum atomic E-state index is 14.5. The summed E-state index contributed by atoms with van der Waals surface area (Å²) in [4.78, 5) is 1.47. The van der Waals surface area contributed by atoms with E-state index in [1.807, 2.05) is 0 Å². The quantitative estimate of drug-likeness (QED) is 0.188. The molecule has 4 rings (SSSR count). The molecule has 3 nitrogen and oxygen atoms in total. The van der Waals surface area contributed by atoms with Gasteiger partial charge in [0.1, 0.15) is 11.5 Å². The smallest absolute Gasteiger partial charge is 0.431 e. The molecule has 0 aliphatic carbocycles. The van der Waals surface area contributed by atoms with Crippen molar-refractivity contribution in [3.63, 3.8) is 0 Å². The Morgan fingerprint density at radius 1 is 0.676 bits per heavy atom. The number of rotatable bonds is 5. The Hall–Kier alpha value is -3.60. The highest BCUT2D eigenvalue weighted by Crippen LogP contribution is 2.51. The van der Waals surface area contributed by atoms with E-state index in [2.05, 4.69) is 4.74 Å². The van der Waals surface area contributed by atoms with Crippen LogP contribution in [0.4, 0.5) is 30.7 Å². The van der Waals surface area contributed by atoms with Gasteiger partial charge < -0.3 is 14.4 Å². The summed E-state index contributed by atoms with van der Waals surface area (Å²) >= 11 is 5.23. The lowest BCUT2D eigenvalue weighted by molar-refractivity contribution is -0.402. The van der Waals surface area contributed by atoms with Crippen molar-refractivity contribution in [3.05, 3.63) is 72.8 Å². The van der Waals surface area contributed by atoms with Crippen LogP contribution in [-0.2, 0) is 0 Å². The fraction of sp³-hybridized carbons (Fsp3) is 0.192. The molecule has 0 aromatic heterocycles. The second-order valence-electron chi connectivity index (χ2n) is 8.27. The van der Waals surface area contributed by atoms with Crippen LogP contribution < -0.4 is 9.47 Å². The topological polar surface area (TPSA) is 21.7 Å². The van der Waals surface area contributed by atoms with E-state index >= 15 is 0 Å². The van der Waals surface area contributed by atoms with Crippen LogP contribution in [0.2, 0.25) is 0 Å². The number of benzene rings is 4. The molecule has 0 saturated heterocycles. The molecule has 0 aliphatic rings. The van der Waals surface area contributed by atoms with Crippen LogP contribution in [0.15, 0.2) is 72.8 Å². The number of hydrogen-bond donors (Lipinski definition) is 0. The van der Waals surface area contributed by atoms with Gasteiger partial charge in [0, 0.05) is 25.2 Å². The number of halogens is 7. The first-order valence-electron chi connectivity index (χ1n) is 10.7. The van der Waals surface area contributed by atoms with Gasteiger partial charge in [-0.2, -0.15) is 30.7 Å². The van der Waals surface area contributed by atoms with Gasteiger partial charge in [-0.05, 0) is 45.9 Å². The Labute approximate surface area is 212 Å². The van der Waals surface area contributed by atoms with Gasteiger partial charge in [-0.15, -0.1) is 0 Å². The molecule has 4 aromatic rings. The van der Waals surface area contributed by atoms with Gasteiger partial charge in [-0.3, -0.25) is 0 Å². The molecule has 0 bridgehead atoms. The van der Waals surface area contributed by atoms with Gasteiger partial charge in [-0.1, -0.05) is 60.7 Å². The van der Waals surface area contributed by atoms with Gasteiger partial charge in [0.05, 0.1) is 0 Å². The van der Waals surface area contributed by atoms with E-state index in [1.165, 1.54) is 23.1 Å². The number of hydrogen-bond acceptors (Lipinski definition) is 3. The van der Waals surface area contributed by atoms with E-state index in [9.17, 15) is 30.7 Å². The molecule has 0 saturated carbocycles. The van der Waals surface area contributed by atoms with Crippen molar-refractivity contribution < 1.29 is 40.2 Å². The molecule has 194 valence electrons. The lowest BCUT2D eigenvalue weighted by Crippen LogP contribution is -2.55. The van der Waals surface area contributed by atoms with Crippen molar-refractivity contribution in [2.45, 2.75) is 18.2 Å². The SMILES string of the molecule is CN(C)C(=S)Oc1ccc2ccccc2c1-c1c(OC(F)(F)C(F)(F)C(F)(F)F)ccc2ccccc12. The van der Waals surface area contributed by atoms with Crippen molar-refractivity contribution in [2.75, 3.05) is 14.1 Å². The first kappa shape index (κ1) is 26.5. The summed E-state index contributed by atoms with van der Waals surface area (Å²) in [5.74, 6) is -7.30. The molecule has 11 heteroatoms. The summed E-state index contributed by atoms with van der Waals surface area (Å²) in [6, 6.07) is 18.4. The predicted molar refractivity (Wildman–Crippen MR) is 130 cm³/mol. The summed E-state index contributed by atoms with van der Waals surface area (Å²) in [7, 11) is 3.21. The molecule has 0 unspecified atom stereocenters. The molecule has 0 atom stereocenters. The predicted octanol–water partition coefficient (Wildman–Crippen LogP) is 8.05. The molecule has 0 radical (unpaired) electrons. The largest absolute Gasteiger partial charge is 0.474 e. The number of thiocarbonyl (C=S) groups is 1. The Balaban J connectivity index is 2.05. The minimum Gasteiger partial charge on any atom is -0.431 e. The van der Waals surface area contributed by atoms with Gasteiger partial charge in [0.2, 0.25) is 0 Å². The second kappa shape index (κ2) is 9.37. The van der Waals surface area contributed by atoms with Crippen molar-refractivity contribution in [1.29, 1.82) is 0 Å². The Morgan fingerprint density at radius 3 is 1.62 bits per heavy atom. The molecule has 0 fully saturated rings. The summed E-state index contributed by atoms with van der Waals surface area (Å²) in [5, 5.41) is 1.79. The van der Waals surface area contributed by atoms with E-state index in [4.69, 9.17) is 17.0 Å². The average molecular weight is 541 g/mol. The van der Waals surface area contributed by atoms with Gasteiger partial charge in [0.15, 0.2) is 0 Å². The normalized spacial score (nSPS) is 12.6. The maximum Gasteiger partial charge on any atom is 0.474 e. The fourth-order valence-corrected chi connectivity index (χ4v) is 3.83. The highest BCUT2D eigenvalue weighted by atomic mass is 32.1. The third kappa shape index (κ3) is 4.75. The van der Waals surface area contributed by atoms with E-state index in [0.29, 0.717) is 16.2 Å². The van der Waals surface area contributed by atoms with Crippen molar-refractivity contribution in [1.82, 2.24) is 4.90 Å². The molecule has 0 heterocycles. The molecular formula is C26H18F7NO2S. The van der Waals surface area contributed by atoms with Crippen LogP contribution in [0.5, 0.6) is 11.5 Å². The Bertz CT molecular complexity index is 1490. The first-order valence-corrected chi connectivity index (χ1v) is 11.1. The van der Waals surface area contributed by atoms with Crippen LogP contribution in [-0.4, -0.2) is 42.4 Å². The molecule has 0 spiro atoms. The third-order valence-electron chi connectivity index (χ3n) is 5.55. The number of fused-ring (bicyclic) bond motifs is 2. The zero-order valence-electron chi connectivity index (χ0n) is 19.2. The van der Waals surface area contributed by atoms with Crippen LogP contribution in [0.3, 0.4) is 0 Å². The lowest BCUT2D eigenvalue weighted by atomic mass is 9.92. The third-order valence-corrected chi connectivity index (χ3v) is 6.00. The highest BCUT2D eigenvalue weighted by molar-refractivity contribution is 7.80. The second-order valence-corrected chi connectivity index (χ2v) is 8.62. The number of ether oxygens (including phenoxy) is 2. The number of nitrogens with zero attached hydrogens (tertiary/aromatic N) is 1. The Kier molecular flexibility index (Phi) is 6.70. The summed E-state index contributed by atoms with van der Waals surface area (Å²) in [5.41, 5.74) is -0.0377. The van der Waals surface area contributed by atoms with Crippen LogP contribution in [0.25, 0.3) is 32.7 Å². The van der Waals surface area contributed by atoms with Gasteiger partial charge in [-0.25, -0.2) is 0 Å². The van der Waals surface area contributed by atoms with Crippen LogP contribution in [0, 0.1) is 0 Å². The molecule has 0 N–H and O–H groups in total. The molecule has 4 aromatic carbocycles. The molecular weight excluding hydrogens is 523 g/mol. The zero-order valence-corrected chi connectivity index (χ0v) is 20.1.